The molecule has 0 saturated carbocycles. The van der Waals surface area contributed by atoms with Gasteiger partial charge in [0.1, 0.15) is 17.1 Å². The smallest absolute Gasteiger partial charge is 0.193 e. The largest absolute Gasteiger partial charge is 0.454 e. The zero-order chi connectivity index (χ0) is 12.7. The van der Waals surface area contributed by atoms with Gasteiger partial charge in [0.05, 0.1) is 11.6 Å². The van der Waals surface area contributed by atoms with E-state index < -0.39 is 5.82 Å². The van der Waals surface area contributed by atoms with Crippen LogP contribution < -0.4 is 5.43 Å². The van der Waals surface area contributed by atoms with Gasteiger partial charge in [-0.15, -0.1) is 5.10 Å². The number of aryl methyl sites for hydroxylation is 1. The van der Waals surface area contributed by atoms with E-state index in [0.717, 1.165) is 6.07 Å². The minimum Gasteiger partial charge on any atom is -0.454 e. The van der Waals surface area contributed by atoms with E-state index in [-0.39, 0.29) is 10.8 Å². The minimum absolute atomic E-state index is 0.211. The molecule has 3 aromatic rings. The number of rotatable bonds is 1. The zero-order valence-corrected chi connectivity index (χ0v) is 9.42. The molecule has 0 bridgehead atoms. The molecule has 0 aliphatic rings. The molecule has 5 nitrogen and oxygen atoms in total. The Bertz CT molecular complexity index is 791. The molecule has 0 unspecified atom stereocenters. The predicted octanol–water partition coefficient (Wildman–Crippen LogP) is 1.73. The summed E-state index contributed by atoms with van der Waals surface area (Å²) in [7, 11) is 1.71. The number of fused-ring (bicyclic) bond motifs is 1. The molecule has 0 aliphatic heterocycles. The summed E-state index contributed by atoms with van der Waals surface area (Å²) < 4.78 is 20.1. The van der Waals surface area contributed by atoms with Crippen LogP contribution in [0.25, 0.3) is 22.4 Å². The SMILES string of the molecule is Cn1cc(-c2cc(=O)c3cc(F)ccc3o2)nn1. The van der Waals surface area contributed by atoms with E-state index in [0.29, 0.717) is 17.0 Å². The molecular formula is C12H8FN3O2. The maximum atomic E-state index is 13.0. The fourth-order valence-corrected chi connectivity index (χ4v) is 1.71. The van der Waals surface area contributed by atoms with Gasteiger partial charge in [-0.2, -0.15) is 0 Å². The van der Waals surface area contributed by atoms with Crippen molar-refractivity contribution in [1.82, 2.24) is 15.0 Å². The second-order valence-electron chi connectivity index (χ2n) is 3.89. The summed E-state index contributed by atoms with van der Waals surface area (Å²) in [6.45, 7) is 0. The van der Waals surface area contributed by atoms with Crippen LogP contribution in [0, 0.1) is 5.82 Å². The highest BCUT2D eigenvalue weighted by Gasteiger charge is 2.10. The van der Waals surface area contributed by atoms with Gasteiger partial charge in [0.15, 0.2) is 11.2 Å². The summed E-state index contributed by atoms with van der Waals surface area (Å²) in [6, 6.07) is 5.10. The van der Waals surface area contributed by atoms with Crippen molar-refractivity contribution in [2.75, 3.05) is 0 Å². The molecule has 0 radical (unpaired) electrons. The number of hydrogen-bond donors (Lipinski definition) is 0. The average Bonchev–Trinajstić information content (AvgIpc) is 2.77. The van der Waals surface area contributed by atoms with Gasteiger partial charge in [-0.1, -0.05) is 5.21 Å². The van der Waals surface area contributed by atoms with Gasteiger partial charge in [0.25, 0.3) is 0 Å². The normalized spacial score (nSPS) is 11.0. The summed E-state index contributed by atoms with van der Waals surface area (Å²) in [5.41, 5.74) is 0.474. The van der Waals surface area contributed by atoms with Gasteiger partial charge in [-0.3, -0.25) is 9.48 Å². The molecule has 0 spiro atoms. The van der Waals surface area contributed by atoms with Gasteiger partial charge in [-0.25, -0.2) is 4.39 Å². The van der Waals surface area contributed by atoms with Gasteiger partial charge >= 0.3 is 0 Å². The maximum absolute atomic E-state index is 13.0. The fraction of sp³-hybridized carbons (Fsp3) is 0.0833. The van der Waals surface area contributed by atoms with Crippen LogP contribution in [0.15, 0.2) is 39.7 Å². The molecule has 18 heavy (non-hydrogen) atoms. The van der Waals surface area contributed by atoms with Gasteiger partial charge < -0.3 is 4.42 Å². The zero-order valence-electron chi connectivity index (χ0n) is 9.42. The first-order chi connectivity index (χ1) is 8.63. The van der Waals surface area contributed by atoms with Crippen LogP contribution in [0.2, 0.25) is 0 Å². The lowest BCUT2D eigenvalue weighted by molar-refractivity contribution is 0.606. The molecule has 6 heteroatoms. The van der Waals surface area contributed by atoms with Crippen molar-refractivity contribution in [3.8, 4) is 11.5 Å². The highest BCUT2D eigenvalue weighted by Crippen LogP contribution is 2.20. The molecule has 3 rings (SSSR count). The third-order valence-corrected chi connectivity index (χ3v) is 2.54. The number of halogens is 1. The molecule has 1 aromatic carbocycles. The topological polar surface area (TPSA) is 60.9 Å². The Morgan fingerprint density at radius 3 is 2.89 bits per heavy atom. The molecule has 2 aromatic heterocycles. The van der Waals surface area contributed by atoms with E-state index in [1.54, 1.807) is 13.2 Å². The molecule has 0 atom stereocenters. The first kappa shape index (κ1) is 10.6. The molecule has 2 heterocycles. The molecule has 0 aliphatic carbocycles. The second-order valence-corrected chi connectivity index (χ2v) is 3.89. The molecule has 90 valence electrons. The Balaban J connectivity index is 2.28. The highest BCUT2D eigenvalue weighted by molar-refractivity contribution is 5.78. The quantitative estimate of drug-likeness (QED) is 0.655. The summed E-state index contributed by atoms with van der Waals surface area (Å²) in [5, 5.41) is 7.83. The number of benzene rings is 1. The molecule has 0 fully saturated rings. The number of nitrogens with zero attached hydrogens (tertiary/aromatic N) is 3. The van der Waals surface area contributed by atoms with Crippen LogP contribution in [-0.2, 0) is 7.05 Å². The van der Waals surface area contributed by atoms with Crippen LogP contribution in [0.1, 0.15) is 0 Å². The van der Waals surface area contributed by atoms with Crippen molar-refractivity contribution < 1.29 is 8.81 Å². The summed E-state index contributed by atoms with van der Waals surface area (Å²) >= 11 is 0. The highest BCUT2D eigenvalue weighted by atomic mass is 19.1. The van der Waals surface area contributed by atoms with Gasteiger partial charge in [-0.05, 0) is 18.2 Å². The van der Waals surface area contributed by atoms with Crippen LogP contribution in [-0.4, -0.2) is 15.0 Å². The lowest BCUT2D eigenvalue weighted by atomic mass is 10.2. The molecule has 0 N–H and O–H groups in total. The number of hydrogen-bond acceptors (Lipinski definition) is 4. The molecule has 0 amide bonds. The summed E-state index contributed by atoms with van der Waals surface area (Å²) in [4.78, 5) is 11.9. The van der Waals surface area contributed by atoms with Crippen molar-refractivity contribution in [3.05, 3.63) is 46.5 Å². The van der Waals surface area contributed by atoms with Crippen LogP contribution in [0.3, 0.4) is 0 Å². The van der Waals surface area contributed by atoms with Crippen molar-refractivity contribution in [2.45, 2.75) is 0 Å². The van der Waals surface area contributed by atoms with Crippen LogP contribution in [0.4, 0.5) is 4.39 Å². The van der Waals surface area contributed by atoms with E-state index >= 15 is 0 Å². The summed E-state index contributed by atoms with van der Waals surface area (Å²) in [5.74, 6) is -0.158. The monoisotopic (exact) mass is 245 g/mol. The van der Waals surface area contributed by atoms with Crippen molar-refractivity contribution >= 4 is 11.0 Å². The van der Waals surface area contributed by atoms with Crippen LogP contribution in [0.5, 0.6) is 0 Å². The molecular weight excluding hydrogens is 237 g/mol. The first-order valence-corrected chi connectivity index (χ1v) is 5.23. The van der Waals surface area contributed by atoms with Gasteiger partial charge in [0, 0.05) is 13.1 Å². The van der Waals surface area contributed by atoms with E-state index in [1.165, 1.54) is 22.9 Å². The number of aromatic nitrogens is 3. The third kappa shape index (κ3) is 1.67. The molecule has 0 saturated heterocycles. The van der Waals surface area contributed by atoms with E-state index in [4.69, 9.17) is 4.42 Å². The first-order valence-electron chi connectivity index (χ1n) is 5.23. The fourth-order valence-electron chi connectivity index (χ4n) is 1.71. The minimum atomic E-state index is -0.470. The lowest BCUT2D eigenvalue weighted by Crippen LogP contribution is -2.00. The van der Waals surface area contributed by atoms with E-state index in [1.807, 2.05) is 0 Å². The van der Waals surface area contributed by atoms with Crippen molar-refractivity contribution in [2.24, 2.45) is 7.05 Å². The Hall–Kier alpha value is -2.50. The van der Waals surface area contributed by atoms with E-state index in [2.05, 4.69) is 10.3 Å². The Labute approximate surface area is 100 Å². The Morgan fingerprint density at radius 1 is 1.33 bits per heavy atom. The van der Waals surface area contributed by atoms with Crippen molar-refractivity contribution in [3.63, 3.8) is 0 Å². The predicted molar refractivity (Wildman–Crippen MR) is 62.4 cm³/mol. The Kier molecular flexibility index (Phi) is 2.22. The lowest BCUT2D eigenvalue weighted by Gasteiger charge is -1.99. The Morgan fingerprint density at radius 2 is 2.17 bits per heavy atom. The third-order valence-electron chi connectivity index (χ3n) is 2.54. The van der Waals surface area contributed by atoms with Gasteiger partial charge in [0.2, 0.25) is 0 Å². The summed E-state index contributed by atoms with van der Waals surface area (Å²) in [6.07, 6.45) is 1.63. The average molecular weight is 245 g/mol. The van der Waals surface area contributed by atoms with Crippen molar-refractivity contribution in [1.29, 1.82) is 0 Å². The van der Waals surface area contributed by atoms with Crippen LogP contribution >= 0.6 is 0 Å². The van der Waals surface area contributed by atoms with E-state index in [9.17, 15) is 9.18 Å². The second kappa shape index (κ2) is 3.76. The maximum Gasteiger partial charge on any atom is 0.193 e. The standard InChI is InChI=1S/C12H8FN3O2/c1-16-6-9(14-15-16)12-5-10(17)8-4-7(13)2-3-11(8)18-12/h2-6H,1H3.